The lowest BCUT2D eigenvalue weighted by Gasteiger charge is -2.22. The van der Waals surface area contributed by atoms with Crippen molar-refractivity contribution in [2.24, 2.45) is 0 Å². The van der Waals surface area contributed by atoms with Crippen LogP contribution in [0.5, 0.6) is 0 Å². The molecule has 1 saturated heterocycles. The highest BCUT2D eigenvalue weighted by molar-refractivity contribution is 5.81. The van der Waals surface area contributed by atoms with E-state index in [-0.39, 0.29) is 11.9 Å². The molecule has 1 unspecified atom stereocenters. The molecule has 1 atom stereocenters. The quantitative estimate of drug-likeness (QED) is 0.795. The lowest BCUT2D eigenvalue weighted by Crippen LogP contribution is -2.39. The molecule has 1 N–H and O–H groups in total. The van der Waals surface area contributed by atoms with Crippen LogP contribution < -0.4 is 5.32 Å². The summed E-state index contributed by atoms with van der Waals surface area (Å²) < 4.78 is 10.4. The first-order valence-electron chi connectivity index (χ1n) is 5.19. The molecule has 0 spiro atoms. The topological polar surface area (TPSA) is 51.5 Å². The minimum Gasteiger partial charge on any atom is -0.472 e. The van der Waals surface area contributed by atoms with Crippen molar-refractivity contribution in [3.05, 3.63) is 24.2 Å². The summed E-state index contributed by atoms with van der Waals surface area (Å²) in [6, 6.07) is 1.82. The molecule has 0 aromatic carbocycles. The van der Waals surface area contributed by atoms with Crippen LogP contribution in [0, 0.1) is 0 Å². The second-order valence-electron chi connectivity index (χ2n) is 3.75. The Morgan fingerprint density at radius 1 is 1.60 bits per heavy atom. The average molecular weight is 209 g/mol. The summed E-state index contributed by atoms with van der Waals surface area (Å²) in [6.45, 7) is 2.35. The molecule has 4 nitrogen and oxygen atoms in total. The molecule has 2 heterocycles. The van der Waals surface area contributed by atoms with Gasteiger partial charge in [0.25, 0.3) is 0 Å². The van der Waals surface area contributed by atoms with Crippen molar-refractivity contribution < 1.29 is 13.9 Å². The highest BCUT2D eigenvalue weighted by atomic mass is 16.5. The Hall–Kier alpha value is -1.13. The first-order chi connectivity index (χ1) is 7.34. The lowest BCUT2D eigenvalue weighted by molar-refractivity contribution is -0.121. The summed E-state index contributed by atoms with van der Waals surface area (Å²) in [5.41, 5.74) is 0.934. The number of nitrogens with one attached hydrogen (secondary N) is 1. The van der Waals surface area contributed by atoms with Crippen molar-refractivity contribution >= 4 is 5.78 Å². The number of furan rings is 1. The van der Waals surface area contributed by atoms with Crippen LogP contribution in [0.25, 0.3) is 0 Å². The van der Waals surface area contributed by atoms with Gasteiger partial charge in [-0.3, -0.25) is 4.79 Å². The van der Waals surface area contributed by atoms with Crippen molar-refractivity contribution in [2.75, 3.05) is 19.7 Å². The van der Waals surface area contributed by atoms with E-state index in [2.05, 4.69) is 5.32 Å². The molecule has 0 bridgehead atoms. The number of ketones is 1. The molecule has 1 aliphatic heterocycles. The van der Waals surface area contributed by atoms with E-state index in [9.17, 15) is 4.79 Å². The SMILES string of the molecule is O=C(Cc1ccoc1)CC1CNCCO1. The van der Waals surface area contributed by atoms with Gasteiger partial charge in [0, 0.05) is 25.9 Å². The molecule has 1 fully saturated rings. The highest BCUT2D eigenvalue weighted by Crippen LogP contribution is 2.07. The third kappa shape index (κ3) is 3.18. The third-order valence-corrected chi connectivity index (χ3v) is 2.44. The second-order valence-corrected chi connectivity index (χ2v) is 3.75. The molecular weight excluding hydrogens is 194 g/mol. The van der Waals surface area contributed by atoms with E-state index in [0.29, 0.717) is 19.4 Å². The van der Waals surface area contributed by atoms with E-state index in [4.69, 9.17) is 9.15 Å². The molecule has 0 radical (unpaired) electrons. The van der Waals surface area contributed by atoms with Crippen LogP contribution in [-0.4, -0.2) is 31.6 Å². The van der Waals surface area contributed by atoms with E-state index in [1.807, 2.05) is 6.07 Å². The van der Waals surface area contributed by atoms with Crippen molar-refractivity contribution in [1.29, 1.82) is 0 Å². The van der Waals surface area contributed by atoms with Gasteiger partial charge in [0.1, 0.15) is 5.78 Å². The van der Waals surface area contributed by atoms with Crippen molar-refractivity contribution in [3.63, 3.8) is 0 Å². The number of carbonyl (C=O) groups excluding carboxylic acids is 1. The molecular formula is C11H15NO3. The fourth-order valence-electron chi connectivity index (χ4n) is 1.70. The number of morpholine rings is 1. The van der Waals surface area contributed by atoms with E-state index in [1.54, 1.807) is 12.5 Å². The van der Waals surface area contributed by atoms with Crippen LogP contribution in [0.1, 0.15) is 12.0 Å². The molecule has 15 heavy (non-hydrogen) atoms. The minimum atomic E-state index is 0.0400. The van der Waals surface area contributed by atoms with Crippen LogP contribution in [-0.2, 0) is 16.0 Å². The van der Waals surface area contributed by atoms with Gasteiger partial charge in [-0.2, -0.15) is 0 Å². The Balaban J connectivity index is 1.76. The molecule has 4 heteroatoms. The Bertz CT molecular complexity index is 302. The molecule has 2 rings (SSSR count). The molecule has 1 aromatic rings. The predicted octanol–water partition coefficient (Wildman–Crippen LogP) is 0.770. The average Bonchev–Trinajstić information content (AvgIpc) is 2.71. The summed E-state index contributed by atoms with van der Waals surface area (Å²) in [7, 11) is 0. The molecule has 0 amide bonds. The number of hydrogen-bond acceptors (Lipinski definition) is 4. The van der Waals surface area contributed by atoms with Crippen LogP contribution in [0.2, 0.25) is 0 Å². The maximum Gasteiger partial charge on any atom is 0.140 e. The van der Waals surface area contributed by atoms with Crippen LogP contribution >= 0.6 is 0 Å². The summed E-state index contributed by atoms with van der Waals surface area (Å²) in [5, 5.41) is 3.20. The van der Waals surface area contributed by atoms with Gasteiger partial charge in [-0.15, -0.1) is 0 Å². The van der Waals surface area contributed by atoms with Crippen LogP contribution in [0.4, 0.5) is 0 Å². The van der Waals surface area contributed by atoms with E-state index in [0.717, 1.165) is 18.7 Å². The number of carbonyl (C=O) groups is 1. The predicted molar refractivity (Wildman–Crippen MR) is 54.6 cm³/mol. The first kappa shape index (κ1) is 10.4. The van der Waals surface area contributed by atoms with E-state index < -0.39 is 0 Å². The zero-order valence-electron chi connectivity index (χ0n) is 8.57. The van der Waals surface area contributed by atoms with Crippen molar-refractivity contribution in [1.82, 2.24) is 5.32 Å². The Labute approximate surface area is 88.6 Å². The van der Waals surface area contributed by atoms with E-state index in [1.165, 1.54) is 0 Å². The zero-order chi connectivity index (χ0) is 10.5. The van der Waals surface area contributed by atoms with Crippen LogP contribution in [0.15, 0.2) is 23.0 Å². The number of Topliss-reactive ketones (excluding diaryl/α,β-unsaturated/α-hetero) is 1. The van der Waals surface area contributed by atoms with Crippen molar-refractivity contribution in [3.8, 4) is 0 Å². The molecule has 0 saturated carbocycles. The van der Waals surface area contributed by atoms with Gasteiger partial charge in [0.05, 0.1) is 25.2 Å². The first-order valence-corrected chi connectivity index (χ1v) is 5.19. The maximum atomic E-state index is 11.6. The van der Waals surface area contributed by atoms with Gasteiger partial charge in [0.15, 0.2) is 0 Å². The second kappa shape index (κ2) is 5.09. The standard InChI is InChI=1S/C11H15NO3/c13-10(5-9-1-3-14-8-9)6-11-7-12-2-4-15-11/h1,3,8,11-12H,2,4-7H2. The molecule has 1 aromatic heterocycles. The van der Waals surface area contributed by atoms with Gasteiger partial charge in [-0.05, 0) is 11.6 Å². The number of ether oxygens (including phenoxy) is 1. The van der Waals surface area contributed by atoms with Gasteiger partial charge >= 0.3 is 0 Å². The van der Waals surface area contributed by atoms with Gasteiger partial charge in [-0.25, -0.2) is 0 Å². The minimum absolute atomic E-state index is 0.0400. The van der Waals surface area contributed by atoms with Gasteiger partial charge in [-0.1, -0.05) is 0 Å². The fourth-order valence-corrected chi connectivity index (χ4v) is 1.70. The van der Waals surface area contributed by atoms with Crippen LogP contribution in [0.3, 0.4) is 0 Å². The molecule has 0 aliphatic carbocycles. The number of rotatable bonds is 4. The summed E-state index contributed by atoms with van der Waals surface area (Å²) in [4.78, 5) is 11.6. The largest absolute Gasteiger partial charge is 0.472 e. The Morgan fingerprint density at radius 3 is 3.20 bits per heavy atom. The molecule has 82 valence electrons. The fraction of sp³-hybridized carbons (Fsp3) is 0.545. The lowest BCUT2D eigenvalue weighted by atomic mass is 10.1. The number of hydrogen-bond donors (Lipinski definition) is 1. The van der Waals surface area contributed by atoms with Crippen molar-refractivity contribution in [2.45, 2.75) is 18.9 Å². The smallest absolute Gasteiger partial charge is 0.140 e. The normalized spacial score (nSPS) is 21.5. The Morgan fingerprint density at radius 2 is 2.53 bits per heavy atom. The Kier molecular flexibility index (Phi) is 3.53. The molecule has 1 aliphatic rings. The van der Waals surface area contributed by atoms with E-state index >= 15 is 0 Å². The van der Waals surface area contributed by atoms with Gasteiger partial charge < -0.3 is 14.5 Å². The summed E-state index contributed by atoms with van der Waals surface area (Å²) >= 11 is 0. The van der Waals surface area contributed by atoms with Gasteiger partial charge in [0.2, 0.25) is 0 Å². The zero-order valence-corrected chi connectivity index (χ0v) is 8.57. The monoisotopic (exact) mass is 209 g/mol. The highest BCUT2D eigenvalue weighted by Gasteiger charge is 2.17. The summed E-state index contributed by atoms with van der Waals surface area (Å²) in [6.07, 6.45) is 4.16. The third-order valence-electron chi connectivity index (χ3n) is 2.44. The maximum absolute atomic E-state index is 11.6. The summed E-state index contributed by atoms with van der Waals surface area (Å²) in [5.74, 6) is 0.199.